The van der Waals surface area contributed by atoms with E-state index in [-0.39, 0.29) is 10.6 Å². The lowest BCUT2D eigenvalue weighted by molar-refractivity contribution is -0.137. The molecule has 0 unspecified atom stereocenters. The van der Waals surface area contributed by atoms with E-state index in [1.807, 2.05) is 6.92 Å². The number of nitrogens with zero attached hydrogens (tertiary/aromatic N) is 1. The highest BCUT2D eigenvalue weighted by Gasteiger charge is 2.30. The maximum atomic E-state index is 12.5. The van der Waals surface area contributed by atoms with Gasteiger partial charge in [0.2, 0.25) is 0 Å². The fraction of sp³-hybridized carbons (Fsp3) is 0.188. The van der Waals surface area contributed by atoms with Crippen molar-refractivity contribution in [3.63, 3.8) is 0 Å². The molecule has 0 spiro atoms. The molecule has 0 aliphatic heterocycles. The molecule has 0 saturated carbocycles. The topological polar surface area (TPSA) is 46.5 Å². The van der Waals surface area contributed by atoms with Gasteiger partial charge in [0.05, 0.1) is 16.2 Å². The van der Waals surface area contributed by atoms with Crippen molar-refractivity contribution in [3.05, 3.63) is 65.2 Å². The smallest absolute Gasteiger partial charge is 0.199 e. The first-order valence-corrected chi connectivity index (χ1v) is 8.09. The largest absolute Gasteiger partial charge is 0.416 e. The van der Waals surface area contributed by atoms with Gasteiger partial charge in [-0.1, -0.05) is 29.8 Å². The number of benzene rings is 2. The van der Waals surface area contributed by atoms with Gasteiger partial charge in [0, 0.05) is 0 Å². The first-order chi connectivity index (χ1) is 10.6. The van der Waals surface area contributed by atoms with E-state index in [4.69, 9.17) is 0 Å². The van der Waals surface area contributed by atoms with Crippen LogP contribution in [0.1, 0.15) is 23.6 Å². The number of rotatable bonds is 3. The van der Waals surface area contributed by atoms with Crippen molar-refractivity contribution in [2.24, 2.45) is 4.40 Å². The van der Waals surface area contributed by atoms with Crippen molar-refractivity contribution in [2.75, 3.05) is 0 Å². The molecule has 0 atom stereocenters. The summed E-state index contributed by atoms with van der Waals surface area (Å²) in [4.78, 5) is 0.0364. The number of aryl methyl sites for hydroxylation is 1. The minimum absolute atomic E-state index is 0.0364. The summed E-state index contributed by atoms with van der Waals surface area (Å²) in [6.45, 7) is 3.27. The van der Waals surface area contributed by atoms with Gasteiger partial charge >= 0.3 is 6.18 Å². The summed E-state index contributed by atoms with van der Waals surface area (Å²) in [7, 11) is -3.90. The summed E-state index contributed by atoms with van der Waals surface area (Å²) in [5, 5.41) is 0. The van der Waals surface area contributed by atoms with Gasteiger partial charge in [-0.15, -0.1) is 0 Å². The highest BCUT2D eigenvalue weighted by Crippen LogP contribution is 2.29. The first kappa shape index (κ1) is 17.2. The van der Waals surface area contributed by atoms with Crippen LogP contribution in [0.4, 0.5) is 13.2 Å². The molecule has 0 aliphatic rings. The molecule has 0 N–H and O–H groups in total. The van der Waals surface area contributed by atoms with E-state index in [2.05, 4.69) is 4.40 Å². The molecule has 0 amide bonds. The monoisotopic (exact) mass is 341 g/mol. The molecule has 0 bridgehead atoms. The average Bonchev–Trinajstić information content (AvgIpc) is 2.46. The molecule has 0 aromatic heterocycles. The summed E-state index contributed by atoms with van der Waals surface area (Å²) < 4.78 is 65.6. The summed E-state index contributed by atoms with van der Waals surface area (Å²) in [5.74, 6) is 0. The van der Waals surface area contributed by atoms with Gasteiger partial charge in [-0.3, -0.25) is 0 Å². The van der Waals surface area contributed by atoms with Gasteiger partial charge in [-0.25, -0.2) is 0 Å². The van der Waals surface area contributed by atoms with E-state index in [1.165, 1.54) is 31.2 Å². The molecule has 0 heterocycles. The summed E-state index contributed by atoms with van der Waals surface area (Å²) in [6, 6.07) is 10.4. The van der Waals surface area contributed by atoms with E-state index >= 15 is 0 Å². The van der Waals surface area contributed by atoms with E-state index in [0.717, 1.165) is 17.7 Å². The second-order valence-corrected chi connectivity index (χ2v) is 6.64. The van der Waals surface area contributed by atoms with Crippen molar-refractivity contribution >= 4 is 15.7 Å². The van der Waals surface area contributed by atoms with Crippen LogP contribution in [-0.2, 0) is 16.2 Å². The van der Waals surface area contributed by atoms with E-state index in [9.17, 15) is 21.6 Å². The standard InChI is InChI=1S/C16H14F3NO2S/c1-11-3-9-15(10-4-11)23(21,22)20-12(2)13-5-7-14(8-6-13)16(17,18)19/h3-10H,1-2H3/b20-12+. The zero-order valence-corrected chi connectivity index (χ0v) is 13.2. The van der Waals surface area contributed by atoms with Gasteiger partial charge < -0.3 is 0 Å². The average molecular weight is 341 g/mol. The number of alkyl halides is 3. The fourth-order valence-electron chi connectivity index (χ4n) is 1.90. The Bertz CT molecular complexity index is 821. The zero-order chi connectivity index (χ0) is 17.3. The number of sulfonamides is 1. The predicted molar refractivity (Wildman–Crippen MR) is 82.0 cm³/mol. The lowest BCUT2D eigenvalue weighted by atomic mass is 10.1. The highest BCUT2D eigenvalue weighted by molar-refractivity contribution is 7.90. The highest BCUT2D eigenvalue weighted by atomic mass is 32.2. The van der Waals surface area contributed by atoms with Crippen LogP contribution in [0.2, 0.25) is 0 Å². The van der Waals surface area contributed by atoms with Crippen LogP contribution >= 0.6 is 0 Å². The van der Waals surface area contributed by atoms with E-state index < -0.39 is 21.8 Å². The Morgan fingerprint density at radius 3 is 1.96 bits per heavy atom. The van der Waals surface area contributed by atoms with Crippen LogP contribution in [0.15, 0.2) is 57.8 Å². The minimum Gasteiger partial charge on any atom is -0.199 e. The molecule has 0 aliphatic carbocycles. The minimum atomic E-state index is -4.43. The van der Waals surface area contributed by atoms with Gasteiger partial charge in [0.25, 0.3) is 10.0 Å². The molecule has 3 nitrogen and oxygen atoms in total. The molecule has 122 valence electrons. The van der Waals surface area contributed by atoms with Gasteiger partial charge in [0.15, 0.2) is 0 Å². The molecule has 2 aromatic carbocycles. The van der Waals surface area contributed by atoms with Gasteiger partial charge in [0.1, 0.15) is 0 Å². The lowest BCUT2D eigenvalue weighted by Gasteiger charge is -2.07. The summed E-state index contributed by atoms with van der Waals surface area (Å²) >= 11 is 0. The Kier molecular flexibility index (Phi) is 4.61. The van der Waals surface area contributed by atoms with Crippen molar-refractivity contribution in [1.82, 2.24) is 0 Å². The van der Waals surface area contributed by atoms with Crippen molar-refractivity contribution in [3.8, 4) is 0 Å². The third kappa shape index (κ3) is 4.19. The molecule has 0 radical (unpaired) electrons. The number of hydrogen-bond acceptors (Lipinski definition) is 2. The second kappa shape index (κ2) is 6.16. The quantitative estimate of drug-likeness (QED) is 0.785. The van der Waals surface area contributed by atoms with Gasteiger partial charge in [-0.2, -0.15) is 26.0 Å². The lowest BCUT2D eigenvalue weighted by Crippen LogP contribution is -2.06. The first-order valence-electron chi connectivity index (χ1n) is 6.65. The van der Waals surface area contributed by atoms with Crippen LogP contribution in [0.5, 0.6) is 0 Å². The van der Waals surface area contributed by atoms with Crippen molar-refractivity contribution < 1.29 is 21.6 Å². The molecule has 2 rings (SSSR count). The fourth-order valence-corrected chi connectivity index (χ4v) is 2.95. The Balaban J connectivity index is 2.33. The molecule has 23 heavy (non-hydrogen) atoms. The van der Waals surface area contributed by atoms with Crippen LogP contribution in [0.25, 0.3) is 0 Å². The van der Waals surface area contributed by atoms with Gasteiger partial charge in [-0.05, 0) is 43.7 Å². The SMILES string of the molecule is C/C(=N\S(=O)(=O)c1ccc(C)cc1)c1ccc(C(F)(F)F)cc1. The maximum Gasteiger partial charge on any atom is 0.416 e. The van der Waals surface area contributed by atoms with Crippen LogP contribution < -0.4 is 0 Å². The number of halogens is 3. The third-order valence-electron chi connectivity index (χ3n) is 3.21. The Morgan fingerprint density at radius 2 is 1.48 bits per heavy atom. The molecule has 0 saturated heterocycles. The second-order valence-electron chi connectivity index (χ2n) is 5.04. The Labute approximate surface area is 132 Å². The van der Waals surface area contributed by atoms with E-state index in [1.54, 1.807) is 12.1 Å². The Morgan fingerprint density at radius 1 is 0.957 bits per heavy atom. The summed E-state index contributed by atoms with van der Waals surface area (Å²) in [6.07, 6.45) is -4.43. The maximum absolute atomic E-state index is 12.5. The molecular weight excluding hydrogens is 327 g/mol. The molecular formula is C16H14F3NO2S. The molecule has 2 aromatic rings. The normalized spacial score (nSPS) is 13.2. The van der Waals surface area contributed by atoms with E-state index in [0.29, 0.717) is 5.56 Å². The van der Waals surface area contributed by atoms with Crippen molar-refractivity contribution in [1.29, 1.82) is 0 Å². The van der Waals surface area contributed by atoms with Crippen molar-refractivity contribution in [2.45, 2.75) is 24.9 Å². The Hall–Kier alpha value is -2.15. The zero-order valence-electron chi connectivity index (χ0n) is 12.4. The molecule has 0 fully saturated rings. The summed E-state index contributed by atoms with van der Waals surface area (Å²) in [5.41, 5.74) is 0.552. The van der Waals surface area contributed by atoms with Crippen LogP contribution in [-0.4, -0.2) is 14.1 Å². The predicted octanol–water partition coefficient (Wildman–Crippen LogP) is 4.21. The third-order valence-corrected chi connectivity index (χ3v) is 4.59. The van der Waals surface area contributed by atoms with Crippen LogP contribution in [0.3, 0.4) is 0 Å². The molecule has 7 heteroatoms. The number of hydrogen-bond donors (Lipinski definition) is 0. The van der Waals surface area contributed by atoms with Crippen LogP contribution in [0, 0.1) is 6.92 Å².